The number of halogens is 2. The van der Waals surface area contributed by atoms with Gasteiger partial charge in [0.05, 0.1) is 32.0 Å². The maximum absolute atomic E-state index is 14.2. The van der Waals surface area contributed by atoms with Gasteiger partial charge < -0.3 is 9.80 Å². The molecule has 4 aromatic rings. The summed E-state index contributed by atoms with van der Waals surface area (Å²) in [4.78, 5) is 20.1. The molecule has 1 unspecified atom stereocenters. The SMILES string of the molecule is CSc1c(C#N)cc2ccccc2c1C(=O)N(C)CC(CCN1CCC(c2ccccc2[S@](C)=O)CC1)c1ccc(Cl)c(Cl)c1. The number of nitriles is 1. The quantitative estimate of drug-likeness (QED) is 0.157. The Bertz CT molecular complexity index is 1770. The largest absolute Gasteiger partial charge is 0.341 e. The first kappa shape index (κ1) is 33.5. The van der Waals surface area contributed by atoms with Gasteiger partial charge in [0.15, 0.2) is 0 Å². The molecule has 0 radical (unpaired) electrons. The van der Waals surface area contributed by atoms with Crippen LogP contribution in [0, 0.1) is 11.3 Å². The third kappa shape index (κ3) is 7.59. The highest BCUT2D eigenvalue weighted by atomic mass is 35.5. The zero-order valence-electron chi connectivity index (χ0n) is 25.8. The van der Waals surface area contributed by atoms with Gasteiger partial charge in [-0.15, -0.1) is 11.8 Å². The molecule has 234 valence electrons. The molecule has 45 heavy (non-hydrogen) atoms. The van der Waals surface area contributed by atoms with Crippen molar-refractivity contribution in [3.05, 3.63) is 105 Å². The zero-order valence-corrected chi connectivity index (χ0v) is 28.9. The van der Waals surface area contributed by atoms with Crippen LogP contribution in [0.1, 0.15) is 58.1 Å². The van der Waals surface area contributed by atoms with Crippen molar-refractivity contribution in [3.8, 4) is 6.07 Å². The fourth-order valence-corrected chi connectivity index (χ4v) is 8.32. The number of piperidine rings is 1. The van der Waals surface area contributed by atoms with Gasteiger partial charge in [-0.05, 0) is 97.2 Å². The highest BCUT2D eigenvalue weighted by Crippen LogP contribution is 2.35. The molecule has 0 saturated carbocycles. The Morgan fingerprint density at radius 1 is 1.07 bits per heavy atom. The third-order valence-corrected chi connectivity index (χ3v) is 11.4. The van der Waals surface area contributed by atoms with Crippen LogP contribution in [-0.2, 0) is 10.8 Å². The summed E-state index contributed by atoms with van der Waals surface area (Å²) in [5.41, 5.74) is 3.33. The molecule has 0 aromatic heterocycles. The molecular formula is C36H37Cl2N3O2S2. The first-order valence-corrected chi connectivity index (χ1v) is 18.6. The van der Waals surface area contributed by atoms with Crippen LogP contribution in [0.3, 0.4) is 0 Å². The summed E-state index contributed by atoms with van der Waals surface area (Å²) in [6, 6.07) is 25.8. The molecule has 1 amide bonds. The number of thioether (sulfide) groups is 1. The van der Waals surface area contributed by atoms with Crippen molar-refractivity contribution < 1.29 is 9.00 Å². The Hall–Kier alpha value is -2.86. The van der Waals surface area contributed by atoms with Crippen molar-refractivity contribution in [2.75, 3.05) is 45.7 Å². The molecule has 2 atom stereocenters. The van der Waals surface area contributed by atoms with Crippen LogP contribution in [0.15, 0.2) is 82.6 Å². The van der Waals surface area contributed by atoms with Crippen molar-refractivity contribution in [2.45, 2.75) is 40.9 Å². The summed E-state index contributed by atoms with van der Waals surface area (Å²) >= 11 is 14.2. The van der Waals surface area contributed by atoms with Crippen molar-refractivity contribution in [2.24, 2.45) is 0 Å². The van der Waals surface area contributed by atoms with Gasteiger partial charge in [0, 0.05) is 35.6 Å². The van der Waals surface area contributed by atoms with Crippen LogP contribution >= 0.6 is 35.0 Å². The second-order valence-electron chi connectivity index (χ2n) is 11.6. The van der Waals surface area contributed by atoms with E-state index in [1.54, 1.807) is 11.2 Å². The van der Waals surface area contributed by atoms with Gasteiger partial charge in [-0.3, -0.25) is 9.00 Å². The Morgan fingerprint density at radius 3 is 2.47 bits per heavy atom. The topological polar surface area (TPSA) is 64.4 Å². The molecule has 1 saturated heterocycles. The third-order valence-electron chi connectivity index (χ3n) is 8.85. The van der Waals surface area contributed by atoms with Crippen LogP contribution in [-0.4, -0.2) is 65.7 Å². The molecule has 0 spiro atoms. The predicted octanol–water partition coefficient (Wildman–Crippen LogP) is 8.60. The van der Waals surface area contributed by atoms with Crippen molar-refractivity contribution in [3.63, 3.8) is 0 Å². The highest BCUT2D eigenvalue weighted by molar-refractivity contribution is 7.98. The summed E-state index contributed by atoms with van der Waals surface area (Å²) in [7, 11) is 0.834. The molecule has 5 rings (SSSR count). The number of likely N-dealkylation sites (N-methyl/N-ethyl adjacent to an activating group) is 1. The van der Waals surface area contributed by atoms with Crippen LogP contribution in [0.2, 0.25) is 10.0 Å². The van der Waals surface area contributed by atoms with Gasteiger partial charge in [-0.1, -0.05) is 71.7 Å². The fourth-order valence-electron chi connectivity index (χ4n) is 6.46. The average Bonchev–Trinajstić information content (AvgIpc) is 3.06. The van der Waals surface area contributed by atoms with Crippen LogP contribution < -0.4 is 0 Å². The Kier molecular flexibility index (Phi) is 11.3. The Morgan fingerprint density at radius 2 is 1.78 bits per heavy atom. The van der Waals surface area contributed by atoms with Gasteiger partial charge in [-0.2, -0.15) is 5.26 Å². The molecule has 0 N–H and O–H groups in total. The van der Waals surface area contributed by atoms with Gasteiger partial charge in [-0.25, -0.2) is 0 Å². The lowest BCUT2D eigenvalue weighted by Crippen LogP contribution is -2.36. The van der Waals surface area contributed by atoms with E-state index >= 15 is 0 Å². The minimum absolute atomic E-state index is 0.0258. The second kappa shape index (κ2) is 15.2. The lowest BCUT2D eigenvalue weighted by molar-refractivity contribution is 0.0780. The molecule has 4 aromatic carbocycles. The van der Waals surface area contributed by atoms with Gasteiger partial charge >= 0.3 is 0 Å². The monoisotopic (exact) mass is 677 g/mol. The molecule has 1 fully saturated rings. The van der Waals surface area contributed by atoms with E-state index in [0.717, 1.165) is 60.1 Å². The first-order valence-electron chi connectivity index (χ1n) is 15.1. The van der Waals surface area contributed by atoms with E-state index in [2.05, 4.69) is 17.0 Å². The minimum atomic E-state index is -1.00. The molecule has 0 bridgehead atoms. The van der Waals surface area contributed by atoms with Crippen LogP contribution in [0.4, 0.5) is 0 Å². The van der Waals surface area contributed by atoms with Crippen LogP contribution in [0.5, 0.6) is 0 Å². The molecule has 1 aliphatic heterocycles. The molecule has 5 nitrogen and oxygen atoms in total. The summed E-state index contributed by atoms with van der Waals surface area (Å²) in [5, 5.41) is 12.6. The highest BCUT2D eigenvalue weighted by Gasteiger charge is 2.27. The van der Waals surface area contributed by atoms with Crippen molar-refractivity contribution >= 4 is 62.4 Å². The number of carbonyl (C=O) groups excluding carboxylic acids is 1. The predicted molar refractivity (Wildman–Crippen MR) is 188 cm³/mol. The number of amides is 1. The van der Waals surface area contributed by atoms with Gasteiger partial charge in [0.1, 0.15) is 6.07 Å². The number of nitrogens with zero attached hydrogens (tertiary/aromatic N) is 3. The van der Waals surface area contributed by atoms with E-state index in [9.17, 15) is 14.3 Å². The Labute approximate surface area is 283 Å². The molecule has 0 aliphatic carbocycles. The van der Waals surface area contributed by atoms with Crippen molar-refractivity contribution in [1.29, 1.82) is 5.26 Å². The lowest BCUT2D eigenvalue weighted by atomic mass is 9.88. The normalized spacial score (nSPS) is 15.5. The molecule has 1 heterocycles. The average molecular weight is 679 g/mol. The fraction of sp³-hybridized carbons (Fsp3) is 0.333. The number of carbonyl (C=O) groups is 1. The number of likely N-dealkylation sites (tertiary alicyclic amines) is 1. The summed E-state index contributed by atoms with van der Waals surface area (Å²) in [6.07, 6.45) is 6.53. The summed E-state index contributed by atoms with van der Waals surface area (Å²) < 4.78 is 12.3. The number of fused-ring (bicyclic) bond motifs is 1. The van der Waals surface area contributed by atoms with Crippen LogP contribution in [0.25, 0.3) is 10.8 Å². The standard InChI is InChI=1S/C36H37Cl2N3O2S2/c1-40(36(42)34-30-10-5-4-8-26(30)20-28(22-39)35(34)44-2)23-27(25-12-13-31(37)32(38)21-25)16-19-41-17-14-24(15-18-41)29-9-6-7-11-33(29)45(3)43/h4-13,20-21,24,27H,14-19,23H2,1-3H3/t27?,45-/m0/s1. The number of benzene rings is 4. The van der Waals surface area contributed by atoms with Crippen molar-refractivity contribution in [1.82, 2.24) is 9.80 Å². The van der Waals surface area contributed by atoms with E-state index in [0.29, 0.717) is 38.5 Å². The summed E-state index contributed by atoms with van der Waals surface area (Å²) in [6.45, 7) is 3.29. The summed E-state index contributed by atoms with van der Waals surface area (Å²) in [5.74, 6) is 0.323. The molecule has 1 aliphatic rings. The molecular weight excluding hydrogens is 641 g/mol. The minimum Gasteiger partial charge on any atom is -0.341 e. The number of rotatable bonds is 10. The van der Waals surface area contributed by atoms with E-state index < -0.39 is 10.8 Å². The smallest absolute Gasteiger partial charge is 0.255 e. The van der Waals surface area contributed by atoms with Gasteiger partial charge in [0.2, 0.25) is 0 Å². The lowest BCUT2D eigenvalue weighted by Gasteiger charge is -2.34. The van der Waals surface area contributed by atoms with E-state index in [1.165, 1.54) is 17.3 Å². The first-order chi connectivity index (χ1) is 21.7. The number of hydrogen-bond donors (Lipinski definition) is 0. The maximum Gasteiger partial charge on any atom is 0.255 e. The van der Waals surface area contributed by atoms with E-state index in [4.69, 9.17) is 23.2 Å². The number of hydrogen-bond acceptors (Lipinski definition) is 5. The Balaban J connectivity index is 1.35. The van der Waals surface area contributed by atoms with Gasteiger partial charge in [0.25, 0.3) is 5.91 Å². The zero-order chi connectivity index (χ0) is 32.1. The second-order valence-corrected chi connectivity index (χ2v) is 14.6. The maximum atomic E-state index is 14.2. The molecule has 9 heteroatoms. The van der Waals surface area contributed by atoms with E-state index in [-0.39, 0.29) is 11.8 Å². The van der Waals surface area contributed by atoms with E-state index in [1.807, 2.05) is 80.0 Å².